The average Bonchev–Trinajstić information content (AvgIpc) is 2.16. The highest BCUT2D eigenvalue weighted by molar-refractivity contribution is 6.37. The van der Waals surface area contributed by atoms with E-state index in [0.717, 1.165) is 19.6 Å². The summed E-state index contributed by atoms with van der Waals surface area (Å²) in [5.74, 6) is 0. The first kappa shape index (κ1) is 12.9. The van der Waals surface area contributed by atoms with Gasteiger partial charge in [-0.1, -0.05) is 24.6 Å². The molecule has 0 unspecified atom stereocenters. The molecule has 0 aliphatic carbocycles. The zero-order valence-corrected chi connectivity index (χ0v) is 9.93. The fourth-order valence-electron chi connectivity index (χ4n) is 0.673. The first-order valence-corrected chi connectivity index (χ1v) is 5.80. The van der Waals surface area contributed by atoms with E-state index in [9.17, 15) is 0 Å². The Morgan fingerprint density at radius 2 is 2.08 bits per heavy atom. The van der Waals surface area contributed by atoms with Crippen LogP contribution >= 0.6 is 0 Å². The molecule has 2 nitrogen and oxygen atoms in total. The molecule has 0 saturated heterocycles. The lowest BCUT2D eigenvalue weighted by atomic mass is 10.4. The lowest BCUT2D eigenvalue weighted by molar-refractivity contribution is 0.0999. The lowest BCUT2D eigenvalue weighted by Crippen LogP contribution is -2.08. The van der Waals surface area contributed by atoms with E-state index in [-0.39, 0.29) is 0 Å². The molecule has 0 spiro atoms. The molecule has 0 N–H and O–H groups in total. The fourth-order valence-corrected chi connectivity index (χ4v) is 1.20. The monoisotopic (exact) mass is 200 g/mol. The molecular formula is C10H20O2Si. The minimum absolute atomic E-state index is 0.499. The third-order valence-corrected chi connectivity index (χ3v) is 2.60. The molecule has 2 radical (unpaired) electrons. The van der Waals surface area contributed by atoms with Gasteiger partial charge in [-0.2, -0.15) is 0 Å². The summed E-state index contributed by atoms with van der Waals surface area (Å²) >= 11 is 0. The zero-order valence-electron chi connectivity index (χ0n) is 8.93. The Hall–Kier alpha value is -0.123. The predicted octanol–water partition coefficient (Wildman–Crippen LogP) is 2.36. The second kappa shape index (κ2) is 9.96. The second-order valence-electron chi connectivity index (χ2n) is 2.89. The number of rotatable bonds is 8. The van der Waals surface area contributed by atoms with Crippen LogP contribution in [0.3, 0.4) is 0 Å². The third-order valence-electron chi connectivity index (χ3n) is 1.64. The molecule has 0 aliphatic rings. The summed E-state index contributed by atoms with van der Waals surface area (Å²) in [7, 11) is 0.499. The van der Waals surface area contributed by atoms with Gasteiger partial charge >= 0.3 is 0 Å². The second-order valence-corrected chi connectivity index (χ2v) is 4.17. The normalized spacial score (nSPS) is 12.1. The van der Waals surface area contributed by atoms with E-state index in [1.807, 2.05) is 6.92 Å². The van der Waals surface area contributed by atoms with Crippen molar-refractivity contribution in [3.63, 3.8) is 0 Å². The number of hydrogen-bond acceptors (Lipinski definition) is 2. The van der Waals surface area contributed by atoms with Crippen molar-refractivity contribution in [2.24, 2.45) is 0 Å². The summed E-state index contributed by atoms with van der Waals surface area (Å²) in [6.45, 7) is 8.58. The number of allylic oxidation sites excluding steroid dienone is 2. The average molecular weight is 200 g/mol. The molecular weight excluding hydrogens is 180 g/mol. The number of ether oxygens (including phenoxy) is 1. The van der Waals surface area contributed by atoms with Crippen LogP contribution in [-0.4, -0.2) is 29.6 Å². The zero-order chi connectivity index (χ0) is 9.94. The molecule has 3 heteroatoms. The molecule has 76 valence electrons. The lowest BCUT2D eigenvalue weighted by Gasteiger charge is -2.03. The minimum atomic E-state index is 0.499. The Bertz CT molecular complexity index is 135. The first-order valence-electron chi connectivity index (χ1n) is 4.89. The minimum Gasteiger partial charge on any atom is -0.409 e. The van der Waals surface area contributed by atoms with Crippen molar-refractivity contribution >= 4 is 9.76 Å². The Kier molecular flexibility index (Phi) is 9.87. The molecule has 0 rings (SSSR count). The summed E-state index contributed by atoms with van der Waals surface area (Å²) in [6.07, 6.45) is 4.42. The Labute approximate surface area is 84.3 Å². The van der Waals surface area contributed by atoms with Crippen LogP contribution in [0.2, 0.25) is 0 Å². The van der Waals surface area contributed by atoms with E-state index < -0.39 is 0 Å². The van der Waals surface area contributed by atoms with E-state index in [1.54, 1.807) is 0 Å². The van der Waals surface area contributed by atoms with Gasteiger partial charge in [-0.3, -0.25) is 0 Å². The third kappa shape index (κ3) is 9.79. The van der Waals surface area contributed by atoms with Crippen LogP contribution in [0.25, 0.3) is 0 Å². The van der Waals surface area contributed by atoms with Gasteiger partial charge < -0.3 is 9.16 Å². The molecule has 0 aromatic carbocycles. The van der Waals surface area contributed by atoms with Crippen LogP contribution < -0.4 is 0 Å². The smallest absolute Gasteiger partial charge is 0.263 e. The highest BCUT2D eigenvalue weighted by atomic mass is 28.2. The molecule has 0 amide bonds. The van der Waals surface area contributed by atoms with E-state index in [4.69, 9.17) is 9.16 Å². The quantitative estimate of drug-likeness (QED) is 0.442. The van der Waals surface area contributed by atoms with E-state index in [1.165, 1.54) is 11.6 Å². The van der Waals surface area contributed by atoms with E-state index in [2.05, 4.69) is 19.9 Å². The number of hydrogen-bond donors (Lipinski definition) is 0. The highest BCUT2D eigenvalue weighted by Crippen LogP contribution is 1.90. The van der Waals surface area contributed by atoms with Gasteiger partial charge in [0.15, 0.2) is 0 Å². The van der Waals surface area contributed by atoms with Crippen molar-refractivity contribution in [1.82, 2.24) is 0 Å². The highest BCUT2D eigenvalue weighted by Gasteiger charge is 1.92. The maximum atomic E-state index is 5.40. The van der Waals surface area contributed by atoms with Crippen molar-refractivity contribution < 1.29 is 9.16 Å². The molecule has 0 bridgehead atoms. The van der Waals surface area contributed by atoms with Gasteiger partial charge in [0.1, 0.15) is 0 Å². The molecule has 0 heterocycles. The summed E-state index contributed by atoms with van der Waals surface area (Å²) in [4.78, 5) is 0. The summed E-state index contributed by atoms with van der Waals surface area (Å²) < 4.78 is 10.8. The van der Waals surface area contributed by atoms with Crippen LogP contribution in [0.5, 0.6) is 0 Å². The Balaban J connectivity index is 3.00. The maximum absolute atomic E-state index is 5.40. The van der Waals surface area contributed by atoms with E-state index >= 15 is 0 Å². The first-order chi connectivity index (χ1) is 6.31. The Morgan fingerprint density at radius 3 is 2.69 bits per heavy atom. The van der Waals surface area contributed by atoms with Crippen molar-refractivity contribution in [3.05, 3.63) is 11.3 Å². The maximum Gasteiger partial charge on any atom is 0.263 e. The van der Waals surface area contributed by atoms with Crippen LogP contribution in [-0.2, 0) is 9.16 Å². The fraction of sp³-hybridized carbons (Fsp3) is 0.800. The van der Waals surface area contributed by atoms with Crippen LogP contribution in [0.1, 0.15) is 33.6 Å². The van der Waals surface area contributed by atoms with Gasteiger partial charge in [0.2, 0.25) is 0 Å². The molecule has 0 fully saturated rings. The summed E-state index contributed by atoms with van der Waals surface area (Å²) in [5, 5.41) is 1.30. The van der Waals surface area contributed by atoms with Gasteiger partial charge in [-0.05, 0) is 20.3 Å². The van der Waals surface area contributed by atoms with Gasteiger partial charge in [-0.15, -0.1) is 0 Å². The van der Waals surface area contributed by atoms with Crippen molar-refractivity contribution in [2.45, 2.75) is 33.6 Å². The van der Waals surface area contributed by atoms with Crippen molar-refractivity contribution in [1.29, 1.82) is 0 Å². The van der Waals surface area contributed by atoms with Crippen LogP contribution in [0.15, 0.2) is 11.3 Å². The van der Waals surface area contributed by atoms with Crippen molar-refractivity contribution in [3.8, 4) is 0 Å². The van der Waals surface area contributed by atoms with Gasteiger partial charge in [0.25, 0.3) is 9.76 Å². The van der Waals surface area contributed by atoms with E-state index in [0.29, 0.717) is 16.4 Å². The summed E-state index contributed by atoms with van der Waals surface area (Å²) in [5.41, 5.74) is 0. The van der Waals surface area contributed by atoms with Crippen LogP contribution in [0, 0.1) is 0 Å². The van der Waals surface area contributed by atoms with Gasteiger partial charge in [0.05, 0.1) is 13.2 Å². The Morgan fingerprint density at radius 1 is 1.31 bits per heavy atom. The molecule has 0 aromatic rings. The van der Waals surface area contributed by atoms with Gasteiger partial charge in [-0.25, -0.2) is 0 Å². The summed E-state index contributed by atoms with van der Waals surface area (Å²) in [6, 6.07) is 0. The van der Waals surface area contributed by atoms with Crippen molar-refractivity contribution in [2.75, 3.05) is 19.8 Å². The largest absolute Gasteiger partial charge is 0.409 e. The molecule has 13 heavy (non-hydrogen) atoms. The SMILES string of the molecule is C/C=C(\C)[Si]OCCOCCCC. The van der Waals surface area contributed by atoms with Gasteiger partial charge in [0, 0.05) is 6.61 Å². The number of unbranched alkanes of at least 4 members (excludes halogenated alkanes) is 1. The topological polar surface area (TPSA) is 18.5 Å². The molecule has 0 saturated carbocycles. The standard InChI is InChI=1S/C10H20O2Si/c1-4-6-7-11-8-9-12-13-10(3)5-2/h5H,4,6-9H2,1-3H3/b10-5+. The molecule has 0 aliphatic heterocycles. The molecule has 0 atom stereocenters. The molecule has 0 aromatic heterocycles. The van der Waals surface area contributed by atoms with Crippen LogP contribution in [0.4, 0.5) is 0 Å². The predicted molar refractivity (Wildman–Crippen MR) is 56.9 cm³/mol.